The second-order valence-electron chi connectivity index (χ2n) is 8.10. The van der Waals surface area contributed by atoms with Gasteiger partial charge in [0.2, 0.25) is 11.8 Å². The molecule has 2 amide bonds. The number of likely N-dealkylation sites (N-methyl/N-ethyl adjacent to an activating group) is 1. The minimum absolute atomic E-state index is 0.151. The highest BCUT2D eigenvalue weighted by molar-refractivity contribution is 6.32. The molecule has 0 unspecified atom stereocenters. The zero-order chi connectivity index (χ0) is 26.2. The molecule has 2 N–H and O–H groups in total. The van der Waals surface area contributed by atoms with Gasteiger partial charge in [-0.15, -0.1) is 0 Å². The normalized spacial score (nSPS) is 10.5. The van der Waals surface area contributed by atoms with Crippen LogP contribution in [0, 0.1) is 0 Å². The van der Waals surface area contributed by atoms with Crippen LogP contribution in [0.2, 0.25) is 5.02 Å². The van der Waals surface area contributed by atoms with Gasteiger partial charge < -0.3 is 20.3 Å². The quantitative estimate of drug-likeness (QED) is 0.286. The number of rotatable bonds is 10. The Hall–Kier alpha value is -4.50. The summed E-state index contributed by atoms with van der Waals surface area (Å²) in [6.07, 6.45) is 4.53. The van der Waals surface area contributed by atoms with Crippen molar-refractivity contribution in [3.05, 3.63) is 90.5 Å². The van der Waals surface area contributed by atoms with E-state index in [9.17, 15) is 9.59 Å². The summed E-state index contributed by atoms with van der Waals surface area (Å²) in [7, 11) is 1.62. The van der Waals surface area contributed by atoms with Gasteiger partial charge in [0.25, 0.3) is 0 Å². The fourth-order valence-electron chi connectivity index (χ4n) is 3.46. The highest BCUT2D eigenvalue weighted by Crippen LogP contribution is 2.31. The van der Waals surface area contributed by atoms with E-state index < -0.39 is 0 Å². The summed E-state index contributed by atoms with van der Waals surface area (Å²) < 4.78 is 5.79. The summed E-state index contributed by atoms with van der Waals surface area (Å²) in [6, 6.07) is 16.3. The lowest BCUT2D eigenvalue weighted by Crippen LogP contribution is -2.28. The van der Waals surface area contributed by atoms with E-state index in [1.165, 1.54) is 17.3 Å². The van der Waals surface area contributed by atoms with Crippen molar-refractivity contribution in [2.24, 2.45) is 0 Å². The van der Waals surface area contributed by atoms with Crippen LogP contribution in [0.1, 0.15) is 12.1 Å². The lowest BCUT2D eigenvalue weighted by Gasteiger charge is -2.15. The molecule has 2 aromatic carbocycles. The molecule has 10 heteroatoms. The molecule has 188 valence electrons. The van der Waals surface area contributed by atoms with Gasteiger partial charge in [-0.25, -0.2) is 9.97 Å². The topological polar surface area (TPSA) is 109 Å². The monoisotopic (exact) mass is 516 g/mol. The molecule has 37 heavy (non-hydrogen) atoms. The second kappa shape index (κ2) is 12.0. The number of aromatic nitrogens is 3. The predicted octanol–water partition coefficient (Wildman–Crippen LogP) is 4.97. The lowest BCUT2D eigenvalue weighted by molar-refractivity contribution is -0.125. The molecule has 9 nitrogen and oxygen atoms in total. The second-order valence-corrected chi connectivity index (χ2v) is 8.50. The van der Waals surface area contributed by atoms with E-state index >= 15 is 0 Å². The number of ether oxygens (including phenoxy) is 1. The minimum Gasteiger partial charge on any atom is -0.486 e. The van der Waals surface area contributed by atoms with Crippen LogP contribution in [0.15, 0.2) is 79.8 Å². The largest absolute Gasteiger partial charge is 0.486 e. The Balaban J connectivity index is 1.45. The van der Waals surface area contributed by atoms with Crippen molar-refractivity contribution in [1.82, 2.24) is 19.9 Å². The highest BCUT2D eigenvalue weighted by Gasteiger charge is 2.11. The van der Waals surface area contributed by atoms with Gasteiger partial charge >= 0.3 is 0 Å². The minimum atomic E-state index is -0.237. The number of nitrogens with one attached hydrogen (secondary N) is 2. The van der Waals surface area contributed by atoms with Crippen LogP contribution in [0.25, 0.3) is 10.9 Å². The van der Waals surface area contributed by atoms with Gasteiger partial charge in [0.1, 0.15) is 24.5 Å². The van der Waals surface area contributed by atoms with Crippen LogP contribution in [-0.2, 0) is 16.2 Å². The van der Waals surface area contributed by atoms with Crippen molar-refractivity contribution < 1.29 is 14.3 Å². The molecule has 0 aliphatic carbocycles. The molecular formula is C27H25ClN6O3. The zero-order valence-corrected chi connectivity index (χ0v) is 20.9. The number of carbonyl (C=O) groups excluding carboxylic acids is 2. The standard InChI is InChI=1S/C27H25ClN6O3/c1-3-26(36)34(2)13-11-25(35)32-18-7-9-23-21(14-18)27(31-17-30-23)33-19-8-10-24(22(28)15-19)37-16-20-6-4-5-12-29-20/h3-10,12,14-15,17H,1,11,13,16H2,2H3,(H,32,35)(H,30,31,33). The smallest absolute Gasteiger partial charge is 0.245 e. The first kappa shape index (κ1) is 25.6. The zero-order valence-electron chi connectivity index (χ0n) is 20.1. The number of hydrogen-bond donors (Lipinski definition) is 2. The predicted molar refractivity (Wildman–Crippen MR) is 144 cm³/mol. The fraction of sp³-hybridized carbons (Fsp3) is 0.148. The first-order chi connectivity index (χ1) is 17.9. The van der Waals surface area contributed by atoms with Crippen molar-refractivity contribution in [3.63, 3.8) is 0 Å². The number of carbonyl (C=O) groups is 2. The number of amides is 2. The molecule has 4 aromatic rings. The number of hydrogen-bond acceptors (Lipinski definition) is 7. The number of benzene rings is 2. The van der Waals surface area contributed by atoms with Gasteiger partial charge in [0.15, 0.2) is 0 Å². The summed E-state index contributed by atoms with van der Waals surface area (Å²) >= 11 is 6.45. The van der Waals surface area contributed by atoms with Gasteiger partial charge in [-0.05, 0) is 54.6 Å². The summed E-state index contributed by atoms with van der Waals surface area (Å²) in [5.41, 5.74) is 2.80. The summed E-state index contributed by atoms with van der Waals surface area (Å²) in [5.74, 6) is 0.633. The Bertz CT molecular complexity index is 1430. The third-order valence-corrected chi connectivity index (χ3v) is 5.74. The van der Waals surface area contributed by atoms with Gasteiger partial charge in [-0.1, -0.05) is 24.2 Å². The Morgan fingerprint density at radius 1 is 1.08 bits per heavy atom. The molecule has 0 radical (unpaired) electrons. The number of pyridine rings is 1. The molecule has 4 rings (SSSR count). The van der Waals surface area contributed by atoms with Crippen molar-refractivity contribution >= 4 is 51.5 Å². The highest BCUT2D eigenvalue weighted by atomic mass is 35.5. The van der Waals surface area contributed by atoms with Crippen molar-refractivity contribution in [2.75, 3.05) is 24.2 Å². The first-order valence-electron chi connectivity index (χ1n) is 11.4. The van der Waals surface area contributed by atoms with Gasteiger partial charge in [-0.2, -0.15) is 0 Å². The van der Waals surface area contributed by atoms with Crippen molar-refractivity contribution in [3.8, 4) is 5.75 Å². The van der Waals surface area contributed by atoms with E-state index in [2.05, 4.69) is 32.2 Å². The van der Waals surface area contributed by atoms with E-state index in [1.54, 1.807) is 43.6 Å². The molecule has 0 aliphatic heterocycles. The molecule has 0 bridgehead atoms. The molecule has 0 aliphatic rings. The van der Waals surface area contributed by atoms with Crippen LogP contribution in [0.4, 0.5) is 17.2 Å². The summed E-state index contributed by atoms with van der Waals surface area (Å²) in [4.78, 5) is 38.3. The fourth-order valence-corrected chi connectivity index (χ4v) is 3.70. The van der Waals surface area contributed by atoms with Gasteiger partial charge in [-0.3, -0.25) is 14.6 Å². The molecule has 0 fully saturated rings. The molecule has 0 saturated carbocycles. The average Bonchev–Trinajstić information content (AvgIpc) is 2.91. The first-order valence-corrected chi connectivity index (χ1v) is 11.8. The van der Waals surface area contributed by atoms with Crippen LogP contribution in [0.3, 0.4) is 0 Å². The van der Waals surface area contributed by atoms with Crippen LogP contribution in [-0.4, -0.2) is 45.3 Å². The molecular weight excluding hydrogens is 492 g/mol. The van der Waals surface area contributed by atoms with E-state index in [1.807, 2.05) is 24.3 Å². The van der Waals surface area contributed by atoms with Crippen LogP contribution in [0.5, 0.6) is 5.75 Å². The molecule has 2 aromatic heterocycles. The molecule has 0 atom stereocenters. The molecule has 2 heterocycles. The van der Waals surface area contributed by atoms with Gasteiger partial charge in [0.05, 0.1) is 16.2 Å². The maximum Gasteiger partial charge on any atom is 0.245 e. The number of fused-ring (bicyclic) bond motifs is 1. The van der Waals surface area contributed by atoms with Crippen LogP contribution < -0.4 is 15.4 Å². The lowest BCUT2D eigenvalue weighted by atomic mass is 10.2. The van der Waals surface area contributed by atoms with Gasteiger partial charge in [0, 0.05) is 43.0 Å². The van der Waals surface area contributed by atoms with E-state index in [0.29, 0.717) is 45.5 Å². The van der Waals surface area contributed by atoms with Crippen molar-refractivity contribution in [1.29, 1.82) is 0 Å². The Morgan fingerprint density at radius 3 is 2.68 bits per heavy atom. The SMILES string of the molecule is C=CC(=O)N(C)CCC(=O)Nc1ccc2ncnc(Nc3ccc(OCc4ccccn4)c(Cl)c3)c2c1. The maximum absolute atomic E-state index is 12.4. The third kappa shape index (κ3) is 6.80. The Kier molecular flexibility index (Phi) is 8.27. The number of halogens is 1. The third-order valence-electron chi connectivity index (χ3n) is 5.44. The Labute approximate surface area is 219 Å². The molecule has 0 saturated heterocycles. The average molecular weight is 517 g/mol. The maximum atomic E-state index is 12.4. The van der Waals surface area contributed by atoms with E-state index in [0.717, 1.165) is 5.69 Å². The number of anilines is 3. The summed E-state index contributed by atoms with van der Waals surface area (Å²) in [5, 5.41) is 7.26. The van der Waals surface area contributed by atoms with E-state index in [4.69, 9.17) is 16.3 Å². The van der Waals surface area contributed by atoms with Crippen LogP contribution >= 0.6 is 11.6 Å². The number of nitrogens with zero attached hydrogens (tertiary/aromatic N) is 4. The molecule has 0 spiro atoms. The van der Waals surface area contributed by atoms with Crippen molar-refractivity contribution in [2.45, 2.75) is 13.0 Å². The summed E-state index contributed by atoms with van der Waals surface area (Å²) in [6.45, 7) is 4.03. The van der Waals surface area contributed by atoms with E-state index in [-0.39, 0.29) is 24.8 Å². The Morgan fingerprint density at radius 2 is 1.92 bits per heavy atom.